The van der Waals surface area contributed by atoms with Gasteiger partial charge in [-0.2, -0.15) is 0 Å². The standard InChI is InChI=1S/C24H23N3O4S/c1-3-31-23(30)18-17(15-11-8-12-16(28)13-15)19-21(26-24(32-4-2)27-22(19)29)25-20(18)14-9-6-5-7-10-14/h5-13,17,28H,3-4H2,1-2H3,(H2,25,26,27,29). The number of carbonyl (C=O) groups is 1. The van der Waals surface area contributed by atoms with Gasteiger partial charge in [-0.05, 0) is 35.9 Å². The Kier molecular flexibility index (Phi) is 6.32. The highest BCUT2D eigenvalue weighted by Crippen LogP contribution is 2.43. The van der Waals surface area contributed by atoms with Crippen LogP contribution >= 0.6 is 11.8 Å². The Morgan fingerprint density at radius 2 is 1.94 bits per heavy atom. The third-order valence-corrected chi connectivity index (χ3v) is 5.82. The van der Waals surface area contributed by atoms with Crippen molar-refractivity contribution in [3.05, 3.63) is 87.2 Å². The van der Waals surface area contributed by atoms with Gasteiger partial charge in [0, 0.05) is 0 Å². The lowest BCUT2D eigenvalue weighted by Crippen LogP contribution is -2.31. The van der Waals surface area contributed by atoms with E-state index in [1.807, 2.05) is 37.3 Å². The molecule has 1 atom stereocenters. The fourth-order valence-corrected chi connectivity index (χ4v) is 4.40. The average molecular weight is 450 g/mol. The Bertz CT molecular complexity index is 1240. The second kappa shape index (κ2) is 9.32. The van der Waals surface area contributed by atoms with Crippen molar-refractivity contribution in [3.63, 3.8) is 0 Å². The number of esters is 1. The molecule has 0 bridgehead atoms. The molecule has 4 rings (SSSR count). The van der Waals surface area contributed by atoms with Crippen molar-refractivity contribution in [3.8, 4) is 5.75 Å². The number of rotatable bonds is 6. The number of hydrogen-bond acceptors (Lipinski definition) is 7. The number of H-pyrrole nitrogens is 1. The van der Waals surface area contributed by atoms with E-state index in [2.05, 4.69) is 15.3 Å². The summed E-state index contributed by atoms with van der Waals surface area (Å²) in [6.07, 6.45) is 0. The van der Waals surface area contributed by atoms with Gasteiger partial charge in [0.2, 0.25) is 0 Å². The zero-order valence-electron chi connectivity index (χ0n) is 17.7. The molecule has 0 fully saturated rings. The molecule has 164 valence electrons. The second-order valence-corrected chi connectivity index (χ2v) is 8.35. The number of aromatic nitrogens is 2. The van der Waals surface area contributed by atoms with Gasteiger partial charge in [-0.1, -0.05) is 61.2 Å². The minimum Gasteiger partial charge on any atom is -0.508 e. The number of thioether (sulfide) groups is 1. The molecule has 1 aliphatic rings. The number of fused-ring (bicyclic) bond motifs is 1. The first-order valence-corrected chi connectivity index (χ1v) is 11.3. The molecule has 8 heteroatoms. The van der Waals surface area contributed by atoms with E-state index in [1.54, 1.807) is 31.2 Å². The predicted octanol–water partition coefficient (Wildman–Crippen LogP) is 4.12. The molecule has 32 heavy (non-hydrogen) atoms. The van der Waals surface area contributed by atoms with Crippen LogP contribution in [0.3, 0.4) is 0 Å². The van der Waals surface area contributed by atoms with E-state index in [-0.39, 0.29) is 17.9 Å². The number of nitrogens with zero attached hydrogens (tertiary/aromatic N) is 1. The number of hydrogen-bond donors (Lipinski definition) is 3. The van der Waals surface area contributed by atoms with E-state index in [0.29, 0.717) is 33.4 Å². The first kappa shape index (κ1) is 21.7. The first-order valence-electron chi connectivity index (χ1n) is 10.3. The number of nitrogens with one attached hydrogen (secondary N) is 2. The maximum atomic E-state index is 13.2. The number of carbonyl (C=O) groups excluding carboxylic acids is 1. The van der Waals surface area contributed by atoms with E-state index in [1.165, 1.54) is 11.8 Å². The van der Waals surface area contributed by atoms with Crippen LogP contribution in [0, 0.1) is 0 Å². The van der Waals surface area contributed by atoms with Gasteiger partial charge in [0.05, 0.1) is 29.4 Å². The molecular weight excluding hydrogens is 426 g/mol. The summed E-state index contributed by atoms with van der Waals surface area (Å²) in [4.78, 5) is 33.9. The largest absolute Gasteiger partial charge is 0.508 e. The zero-order valence-corrected chi connectivity index (χ0v) is 18.5. The van der Waals surface area contributed by atoms with Crippen LogP contribution in [-0.4, -0.2) is 33.4 Å². The Labute approximate surface area is 189 Å². The third kappa shape index (κ3) is 4.13. The minimum absolute atomic E-state index is 0.0367. The number of phenolic OH excluding ortho intramolecular Hbond substituents is 1. The average Bonchev–Trinajstić information content (AvgIpc) is 2.79. The highest BCUT2D eigenvalue weighted by atomic mass is 32.2. The summed E-state index contributed by atoms with van der Waals surface area (Å²) in [5, 5.41) is 13.9. The molecule has 0 aliphatic carbocycles. The quantitative estimate of drug-likeness (QED) is 0.295. The number of anilines is 1. The number of ether oxygens (including phenoxy) is 1. The number of benzene rings is 2. The lowest BCUT2D eigenvalue weighted by Gasteiger charge is -2.30. The highest BCUT2D eigenvalue weighted by molar-refractivity contribution is 7.99. The Balaban J connectivity index is 2.04. The van der Waals surface area contributed by atoms with Crippen molar-refractivity contribution in [1.82, 2.24) is 9.97 Å². The van der Waals surface area contributed by atoms with E-state index < -0.39 is 11.9 Å². The maximum absolute atomic E-state index is 13.2. The fraction of sp³-hybridized carbons (Fsp3) is 0.208. The van der Waals surface area contributed by atoms with Gasteiger partial charge >= 0.3 is 5.97 Å². The van der Waals surface area contributed by atoms with Crippen LogP contribution in [0.2, 0.25) is 0 Å². The van der Waals surface area contributed by atoms with Crippen molar-refractivity contribution < 1.29 is 14.6 Å². The lowest BCUT2D eigenvalue weighted by atomic mass is 9.81. The van der Waals surface area contributed by atoms with E-state index in [4.69, 9.17) is 4.74 Å². The van der Waals surface area contributed by atoms with E-state index >= 15 is 0 Å². The Morgan fingerprint density at radius 3 is 2.62 bits per heavy atom. The Hall–Kier alpha value is -3.52. The predicted molar refractivity (Wildman–Crippen MR) is 125 cm³/mol. The maximum Gasteiger partial charge on any atom is 0.337 e. The molecular formula is C24H23N3O4S. The molecule has 1 aliphatic heterocycles. The molecule has 0 saturated carbocycles. The van der Waals surface area contributed by atoms with Crippen molar-refractivity contribution in [1.29, 1.82) is 0 Å². The minimum atomic E-state index is -0.774. The van der Waals surface area contributed by atoms with Crippen molar-refractivity contribution in [2.24, 2.45) is 0 Å². The molecule has 1 unspecified atom stereocenters. The van der Waals surface area contributed by atoms with Crippen LogP contribution in [-0.2, 0) is 9.53 Å². The van der Waals surface area contributed by atoms with Crippen LogP contribution in [0.15, 0.2) is 70.1 Å². The first-order chi connectivity index (χ1) is 15.5. The summed E-state index contributed by atoms with van der Waals surface area (Å²) >= 11 is 1.42. The summed E-state index contributed by atoms with van der Waals surface area (Å²) in [5.41, 5.74) is 2.12. The van der Waals surface area contributed by atoms with Crippen LogP contribution in [0.4, 0.5) is 5.82 Å². The topological polar surface area (TPSA) is 104 Å². The molecule has 0 spiro atoms. The van der Waals surface area contributed by atoms with Gasteiger partial charge in [0.1, 0.15) is 11.6 Å². The van der Waals surface area contributed by atoms with Gasteiger partial charge in [-0.3, -0.25) is 4.79 Å². The van der Waals surface area contributed by atoms with Crippen molar-refractivity contribution >= 4 is 29.2 Å². The molecule has 0 amide bonds. The molecule has 2 aromatic carbocycles. The molecule has 2 heterocycles. The third-order valence-electron chi connectivity index (χ3n) is 5.07. The van der Waals surface area contributed by atoms with Gasteiger partial charge in [-0.15, -0.1) is 0 Å². The number of phenols is 1. The monoisotopic (exact) mass is 449 g/mol. The zero-order chi connectivity index (χ0) is 22.7. The van der Waals surface area contributed by atoms with Crippen molar-refractivity contribution in [2.75, 3.05) is 17.7 Å². The smallest absolute Gasteiger partial charge is 0.337 e. The van der Waals surface area contributed by atoms with E-state index in [9.17, 15) is 14.7 Å². The lowest BCUT2D eigenvalue weighted by molar-refractivity contribution is -0.138. The SMILES string of the molecule is CCOC(=O)C1=C(c2ccccc2)Nc2nc(SCC)[nH]c(=O)c2C1c1cccc(O)c1. The highest BCUT2D eigenvalue weighted by Gasteiger charge is 2.38. The molecule has 3 aromatic rings. The fourth-order valence-electron chi connectivity index (χ4n) is 3.80. The van der Waals surface area contributed by atoms with Gasteiger partial charge < -0.3 is 20.1 Å². The number of aromatic amines is 1. The molecule has 0 saturated heterocycles. The molecule has 0 radical (unpaired) electrons. The van der Waals surface area contributed by atoms with Crippen LogP contribution in [0.5, 0.6) is 5.75 Å². The summed E-state index contributed by atoms with van der Waals surface area (Å²) in [6, 6.07) is 15.9. The Morgan fingerprint density at radius 1 is 1.16 bits per heavy atom. The number of aromatic hydroxyl groups is 1. The summed E-state index contributed by atoms with van der Waals surface area (Å²) in [7, 11) is 0. The molecule has 1 aromatic heterocycles. The van der Waals surface area contributed by atoms with Crippen LogP contribution < -0.4 is 10.9 Å². The summed E-state index contributed by atoms with van der Waals surface area (Å²) in [6.45, 7) is 3.89. The van der Waals surface area contributed by atoms with Crippen molar-refractivity contribution in [2.45, 2.75) is 24.9 Å². The van der Waals surface area contributed by atoms with Crippen LogP contribution in [0.1, 0.15) is 36.5 Å². The van der Waals surface area contributed by atoms with Crippen LogP contribution in [0.25, 0.3) is 5.70 Å². The molecule has 3 N–H and O–H groups in total. The van der Waals surface area contributed by atoms with Gasteiger partial charge in [-0.25, -0.2) is 9.78 Å². The second-order valence-electron chi connectivity index (χ2n) is 7.09. The summed E-state index contributed by atoms with van der Waals surface area (Å²) < 4.78 is 5.40. The summed E-state index contributed by atoms with van der Waals surface area (Å²) in [5.74, 6) is -0.152. The normalized spacial score (nSPS) is 15.1. The van der Waals surface area contributed by atoms with Gasteiger partial charge in [0.25, 0.3) is 5.56 Å². The van der Waals surface area contributed by atoms with E-state index in [0.717, 1.165) is 11.3 Å². The van der Waals surface area contributed by atoms with Gasteiger partial charge in [0.15, 0.2) is 5.16 Å². The molecule has 7 nitrogen and oxygen atoms in total.